The Morgan fingerprint density at radius 1 is 0.944 bits per heavy atom. The van der Waals surface area contributed by atoms with Gasteiger partial charge in [0.1, 0.15) is 9.75 Å². The molecule has 0 aromatic carbocycles. The van der Waals surface area contributed by atoms with E-state index >= 15 is 0 Å². The van der Waals surface area contributed by atoms with Crippen LogP contribution in [0.2, 0.25) is 0 Å². The van der Waals surface area contributed by atoms with Crippen LogP contribution < -0.4 is 0 Å². The Balaban J connectivity index is 1.97. The first kappa shape index (κ1) is 13.3. The van der Waals surface area contributed by atoms with Crippen LogP contribution in [-0.2, 0) is 0 Å². The molecule has 0 amide bonds. The molecule has 10 heteroatoms. The number of carboxylic acid groups (broad SMARTS) is 2. The van der Waals surface area contributed by atoms with Gasteiger partial charge in [-0.1, -0.05) is 22.7 Å². The summed E-state index contributed by atoms with van der Waals surface area (Å²) < 4.78 is 1.17. The van der Waals surface area contributed by atoms with Crippen molar-refractivity contribution in [2.75, 3.05) is 0 Å². The second-order valence-electron chi connectivity index (χ2n) is 2.76. The highest BCUT2D eigenvalue weighted by molar-refractivity contribution is 8.77. The van der Waals surface area contributed by atoms with Crippen LogP contribution in [0.4, 0.5) is 0 Å². The second kappa shape index (κ2) is 5.69. The second-order valence-corrected chi connectivity index (χ2v) is 7.44. The third-order valence-electron chi connectivity index (χ3n) is 1.57. The smallest absolute Gasteiger partial charge is 0.347 e. The lowest BCUT2D eigenvalue weighted by molar-refractivity contribution is 0.0691. The lowest BCUT2D eigenvalue weighted by atomic mass is 10.6. The maximum Gasteiger partial charge on any atom is 0.347 e. The fourth-order valence-corrected chi connectivity index (χ4v) is 4.89. The van der Waals surface area contributed by atoms with Gasteiger partial charge in [0.25, 0.3) is 0 Å². The van der Waals surface area contributed by atoms with Gasteiger partial charge >= 0.3 is 11.9 Å². The normalized spacial score (nSPS) is 10.4. The molecule has 2 aromatic heterocycles. The van der Waals surface area contributed by atoms with Gasteiger partial charge in [-0.25, -0.2) is 19.6 Å². The molecule has 0 saturated carbocycles. The number of nitrogens with zero attached hydrogens (tertiary/aromatic N) is 2. The standard InChI is InChI=1S/C8H4N2O4S4/c11-5(12)3-1-9-7(15-3)17-18-8-10-2-4(16-8)6(13)14/h1-2H,(H,11,12)(H,13,14). The van der Waals surface area contributed by atoms with E-state index in [1.807, 2.05) is 0 Å². The third kappa shape index (κ3) is 3.22. The van der Waals surface area contributed by atoms with E-state index in [9.17, 15) is 9.59 Å². The van der Waals surface area contributed by atoms with E-state index in [2.05, 4.69) is 9.97 Å². The van der Waals surface area contributed by atoms with E-state index < -0.39 is 11.9 Å². The molecule has 0 fully saturated rings. The van der Waals surface area contributed by atoms with Crippen molar-refractivity contribution in [3.05, 3.63) is 22.1 Å². The third-order valence-corrected chi connectivity index (χ3v) is 6.54. The highest BCUT2D eigenvalue weighted by Crippen LogP contribution is 2.40. The highest BCUT2D eigenvalue weighted by Gasteiger charge is 2.12. The SMILES string of the molecule is O=C(O)c1cnc(SSc2ncc(C(=O)O)s2)s1. The minimum atomic E-state index is -1.01. The average Bonchev–Trinajstić information content (AvgIpc) is 2.95. The van der Waals surface area contributed by atoms with Crippen LogP contribution >= 0.6 is 44.3 Å². The van der Waals surface area contributed by atoms with Crippen LogP contribution in [0.5, 0.6) is 0 Å². The van der Waals surface area contributed by atoms with Gasteiger partial charge in [0, 0.05) is 0 Å². The van der Waals surface area contributed by atoms with E-state index in [1.54, 1.807) is 0 Å². The molecule has 0 aliphatic carbocycles. The van der Waals surface area contributed by atoms with Gasteiger partial charge in [-0.05, 0) is 21.6 Å². The van der Waals surface area contributed by atoms with E-state index in [1.165, 1.54) is 34.0 Å². The summed E-state index contributed by atoms with van der Waals surface area (Å²) in [5, 5.41) is 17.5. The summed E-state index contributed by atoms with van der Waals surface area (Å²) in [6.45, 7) is 0. The van der Waals surface area contributed by atoms with Crippen molar-refractivity contribution >= 4 is 56.2 Å². The number of carbonyl (C=O) groups is 2. The topological polar surface area (TPSA) is 100 Å². The van der Waals surface area contributed by atoms with Crippen molar-refractivity contribution in [2.45, 2.75) is 8.68 Å². The number of aromatic nitrogens is 2. The number of aromatic carboxylic acids is 2. The largest absolute Gasteiger partial charge is 0.477 e. The fourth-order valence-electron chi connectivity index (χ4n) is 0.862. The fraction of sp³-hybridized carbons (Fsp3) is 0. The van der Waals surface area contributed by atoms with Crippen molar-refractivity contribution in [1.82, 2.24) is 9.97 Å². The Bertz CT molecular complexity index is 541. The first-order valence-electron chi connectivity index (χ1n) is 4.29. The van der Waals surface area contributed by atoms with Gasteiger partial charge in [0.05, 0.1) is 12.4 Å². The van der Waals surface area contributed by atoms with Gasteiger partial charge in [-0.3, -0.25) is 0 Å². The van der Waals surface area contributed by atoms with Gasteiger partial charge in [0.15, 0.2) is 8.68 Å². The van der Waals surface area contributed by atoms with Crippen molar-refractivity contribution in [2.24, 2.45) is 0 Å². The lowest BCUT2D eigenvalue weighted by Crippen LogP contribution is -1.89. The molecule has 0 radical (unpaired) electrons. The molecule has 2 rings (SSSR count). The first-order chi connectivity index (χ1) is 8.56. The molecule has 0 unspecified atom stereocenters. The zero-order valence-corrected chi connectivity index (χ0v) is 11.7. The summed E-state index contributed by atoms with van der Waals surface area (Å²) in [7, 11) is 2.51. The number of rotatable bonds is 5. The van der Waals surface area contributed by atoms with Crippen LogP contribution in [-0.4, -0.2) is 32.1 Å². The maximum atomic E-state index is 10.6. The molecule has 0 bridgehead atoms. The molecular formula is C8H4N2O4S4. The Morgan fingerprint density at radius 3 is 1.61 bits per heavy atom. The quantitative estimate of drug-likeness (QED) is 0.811. The van der Waals surface area contributed by atoms with E-state index in [4.69, 9.17) is 10.2 Å². The van der Waals surface area contributed by atoms with E-state index in [0.717, 1.165) is 22.7 Å². The van der Waals surface area contributed by atoms with Crippen molar-refractivity contribution in [1.29, 1.82) is 0 Å². The van der Waals surface area contributed by atoms with Crippen LogP contribution in [0, 0.1) is 0 Å². The van der Waals surface area contributed by atoms with Crippen LogP contribution in [0.3, 0.4) is 0 Å². The van der Waals surface area contributed by atoms with Gasteiger partial charge < -0.3 is 10.2 Å². The molecule has 94 valence electrons. The van der Waals surface area contributed by atoms with Crippen LogP contribution in [0.1, 0.15) is 19.3 Å². The van der Waals surface area contributed by atoms with Crippen LogP contribution in [0.15, 0.2) is 21.1 Å². The molecule has 2 aromatic rings. The molecule has 0 atom stereocenters. The molecule has 0 spiro atoms. The minimum absolute atomic E-state index is 0.170. The van der Waals surface area contributed by atoms with Gasteiger partial charge in [0.2, 0.25) is 0 Å². The number of thiazole rings is 2. The predicted molar refractivity (Wildman–Crippen MR) is 69.9 cm³/mol. The Kier molecular flexibility index (Phi) is 4.22. The van der Waals surface area contributed by atoms with Crippen molar-refractivity contribution in [3.63, 3.8) is 0 Å². The summed E-state index contributed by atoms with van der Waals surface area (Å²) in [6.07, 6.45) is 2.58. The molecule has 2 N–H and O–H groups in total. The molecule has 2 heterocycles. The Hall–Kier alpha value is -1.10. The van der Waals surface area contributed by atoms with Crippen molar-refractivity contribution in [3.8, 4) is 0 Å². The van der Waals surface area contributed by atoms with E-state index in [0.29, 0.717) is 8.68 Å². The monoisotopic (exact) mass is 320 g/mol. The van der Waals surface area contributed by atoms with Gasteiger partial charge in [-0.2, -0.15) is 0 Å². The number of hydrogen-bond acceptors (Lipinski definition) is 8. The zero-order valence-electron chi connectivity index (χ0n) is 8.39. The zero-order chi connectivity index (χ0) is 13.1. The molecule has 0 aliphatic rings. The summed E-state index contributed by atoms with van der Waals surface area (Å²) in [5.74, 6) is -2.02. The summed E-state index contributed by atoms with van der Waals surface area (Å²) in [6, 6.07) is 0. The highest BCUT2D eigenvalue weighted by atomic mass is 33.1. The van der Waals surface area contributed by atoms with Gasteiger partial charge in [-0.15, -0.1) is 0 Å². The Labute approximate surface area is 116 Å². The first-order valence-corrected chi connectivity index (χ1v) is 8.07. The van der Waals surface area contributed by atoms with Crippen LogP contribution in [0.25, 0.3) is 0 Å². The van der Waals surface area contributed by atoms with Crippen molar-refractivity contribution < 1.29 is 19.8 Å². The molecule has 0 saturated heterocycles. The number of carboxylic acids is 2. The maximum absolute atomic E-state index is 10.6. The minimum Gasteiger partial charge on any atom is -0.477 e. The predicted octanol–water partition coefficient (Wildman–Crippen LogP) is 2.80. The average molecular weight is 320 g/mol. The number of hydrogen-bond donors (Lipinski definition) is 2. The molecular weight excluding hydrogens is 316 g/mol. The Morgan fingerprint density at radius 2 is 1.33 bits per heavy atom. The summed E-state index contributed by atoms with van der Waals surface area (Å²) in [5.41, 5.74) is 0. The van der Waals surface area contributed by atoms with E-state index in [-0.39, 0.29) is 9.75 Å². The lowest BCUT2D eigenvalue weighted by Gasteiger charge is -1.90. The molecule has 18 heavy (non-hydrogen) atoms. The summed E-state index contributed by atoms with van der Waals surface area (Å²) in [4.78, 5) is 29.5. The molecule has 6 nitrogen and oxygen atoms in total. The summed E-state index contributed by atoms with van der Waals surface area (Å²) >= 11 is 2.13. The molecule has 0 aliphatic heterocycles.